The highest BCUT2D eigenvalue weighted by Gasteiger charge is 2.48. The van der Waals surface area contributed by atoms with E-state index >= 15 is 0 Å². The fourth-order valence-electron chi connectivity index (χ4n) is 24.5. The topological polar surface area (TPSA) is 183 Å². The van der Waals surface area contributed by atoms with Crippen LogP contribution in [0.15, 0.2) is 48.5 Å². The Morgan fingerprint density at radius 1 is 0.322 bits per heavy atom. The van der Waals surface area contributed by atoms with E-state index in [1.54, 1.807) is 0 Å². The van der Waals surface area contributed by atoms with Crippen molar-refractivity contribution in [1.82, 2.24) is 15.1 Å². The molecule has 0 spiro atoms. The van der Waals surface area contributed by atoms with Crippen molar-refractivity contribution in [3.05, 3.63) is 126 Å². The summed E-state index contributed by atoms with van der Waals surface area (Å²) in [7, 11) is 4.33. The average Bonchev–Trinajstić information content (AvgIpc) is 0.789. The molecule has 15 heteroatoms. The Kier molecular flexibility index (Phi) is 46.5. The molecule has 15 nitrogen and oxygen atoms in total. The number of nitrogens with zero attached hydrogens (tertiary/aromatic N) is 2. The second-order valence-corrected chi connectivity index (χ2v) is 60.0. The molecule has 10 rings (SSSR count). The maximum absolute atomic E-state index is 12.4. The number of hydrogen-bond acceptors (Lipinski definition) is 15. The Labute approximate surface area is 897 Å². The smallest absolute Gasteiger partial charge is 0.306 e. The minimum atomic E-state index is -0.223. The van der Waals surface area contributed by atoms with Crippen LogP contribution in [-0.2, 0) is 90.9 Å². The highest BCUT2D eigenvalue weighted by Crippen LogP contribution is 2.50. The van der Waals surface area contributed by atoms with Gasteiger partial charge in [-0.2, -0.15) is 0 Å². The number of aryl methyl sites for hydroxylation is 2. The minimum Gasteiger partial charge on any atom is -0.507 e. The van der Waals surface area contributed by atoms with E-state index in [-0.39, 0.29) is 142 Å². The van der Waals surface area contributed by atoms with Gasteiger partial charge in [0.25, 0.3) is 0 Å². The van der Waals surface area contributed by atoms with Crippen LogP contribution in [0.3, 0.4) is 0 Å². The number of rotatable bonds is 24. The van der Waals surface area contributed by atoms with Gasteiger partial charge >= 0.3 is 23.9 Å². The van der Waals surface area contributed by atoms with E-state index in [9.17, 15) is 29.4 Å². The molecule has 6 fully saturated rings. The van der Waals surface area contributed by atoms with E-state index in [0.29, 0.717) is 49.0 Å². The van der Waals surface area contributed by atoms with Gasteiger partial charge in [0.2, 0.25) is 0 Å². The molecule has 0 amide bonds. The van der Waals surface area contributed by atoms with E-state index in [1.807, 2.05) is 0 Å². The van der Waals surface area contributed by atoms with Crippen molar-refractivity contribution in [2.24, 2.45) is 22.7 Å². The predicted molar refractivity (Wildman–Crippen MR) is 617 cm³/mol. The maximum atomic E-state index is 12.4. The van der Waals surface area contributed by atoms with Gasteiger partial charge in [0.1, 0.15) is 35.9 Å². The number of hydrogen-bond donors (Lipinski definition) is 3. The summed E-state index contributed by atoms with van der Waals surface area (Å²) >= 11 is 0. The fraction of sp³-hybridized carbons (Fsp3) is 0.786. The third kappa shape index (κ3) is 42.2. The van der Waals surface area contributed by atoms with Crippen molar-refractivity contribution in [2.75, 3.05) is 27.3 Å². The highest BCUT2D eigenvalue weighted by molar-refractivity contribution is 5.71. The number of esters is 4. The lowest BCUT2D eigenvalue weighted by atomic mass is 9.64. The number of likely N-dealkylation sites (tertiary alicyclic amines) is 2. The molecular weight excluding hydrogens is 1810 g/mol. The number of ether oxygens (including phenoxy) is 6. The molecule has 3 N–H and O–H groups in total. The van der Waals surface area contributed by atoms with Gasteiger partial charge in [-0.15, -0.1) is 0 Å². The minimum absolute atomic E-state index is 0.00394. The van der Waals surface area contributed by atoms with Crippen LogP contribution in [0.25, 0.3) is 0 Å². The van der Waals surface area contributed by atoms with Crippen LogP contribution in [0.4, 0.5) is 0 Å². The van der Waals surface area contributed by atoms with E-state index < -0.39 is 0 Å². The molecule has 146 heavy (non-hydrogen) atoms. The number of piperidine rings is 3. The number of unbranched alkanes of at least 4 members (excludes halogenated alkanes) is 10. The predicted octanol–water partition coefficient (Wildman–Crippen LogP) is 34.4. The first-order chi connectivity index (χ1) is 66.1. The van der Waals surface area contributed by atoms with Crippen LogP contribution in [0, 0.1) is 50.4 Å². The summed E-state index contributed by atoms with van der Waals surface area (Å²) in [5.74, 6) is 2.78. The molecule has 0 atom stereocenters. The van der Waals surface area contributed by atoms with Crippen molar-refractivity contribution in [3.63, 3.8) is 0 Å². The molecule has 0 unspecified atom stereocenters. The van der Waals surface area contributed by atoms with Crippen LogP contribution < -0.4 is 5.32 Å². The summed E-state index contributed by atoms with van der Waals surface area (Å²) in [6.07, 6.45) is 27.6. The highest BCUT2D eigenvalue weighted by atomic mass is 16.7. The third-order valence-electron chi connectivity index (χ3n) is 32.1. The molecule has 836 valence electrons. The first kappa shape index (κ1) is 131. The van der Waals surface area contributed by atoms with Gasteiger partial charge in [-0.3, -0.25) is 29.0 Å². The van der Waals surface area contributed by atoms with Crippen molar-refractivity contribution in [3.8, 4) is 11.5 Å². The number of benzene rings is 4. The average molecular weight is 2030 g/mol. The molecule has 4 heterocycles. The summed E-state index contributed by atoms with van der Waals surface area (Å²) < 4.78 is 35.2. The molecular formula is C131H225N3O12. The molecule has 4 aliphatic heterocycles. The lowest BCUT2D eigenvalue weighted by molar-refractivity contribution is -0.202. The van der Waals surface area contributed by atoms with Crippen molar-refractivity contribution < 1.29 is 57.8 Å². The largest absolute Gasteiger partial charge is 0.507 e. The fourth-order valence-corrected chi connectivity index (χ4v) is 24.5. The zero-order chi connectivity index (χ0) is 112. The molecule has 4 aromatic carbocycles. The molecule has 6 aliphatic rings. The number of aromatic hydroxyl groups is 2. The normalized spacial score (nSPS) is 21.5. The Balaban J connectivity index is 0.000000316. The lowest BCUT2D eigenvalue weighted by Crippen LogP contribution is -2.60. The van der Waals surface area contributed by atoms with Crippen LogP contribution in [0.5, 0.6) is 11.5 Å². The zero-order valence-electron chi connectivity index (χ0n) is 104. The monoisotopic (exact) mass is 2030 g/mol. The summed E-state index contributed by atoms with van der Waals surface area (Å²) in [5, 5.41) is 24.8. The number of carbonyl (C=O) groups is 4. The standard InChI is InChI=1S/C30H56N2O4.C29H53NO4.C21H34O.C20H32O2.C16H26.C15H24O/c1-27(2)19-23(20-28(3,4)31(27)9)35-25(33)17-15-13-11-12-14-16-18-26(34)36-24-21-29(5,6)32(10)30(7,8)22-24;1-26(2)17-22(18-27(3,4)21-26)33-24(31)15-13-11-9-10-12-14-16-25(32)34-23-19-28(5,6)30-29(7,8)20-23;1-14-8-10-15(11-9-14)16-12-17(20(2,3)4)19(22)18(13-16)21(5,6)7;1-13-11-21-18(22-12-13)15-9-16(19(3,4)5)14(2)17(10-15)20(6,7)8;1-11-9-13(15(3,4)5)12(2)14(10-11)16(6,7)8;1-10-8-11(14(2,3)4)13(16)12(9-10)15(5,6)7/h23-24H,11-22H2,1-10H3;22-23,30H,9-21H2,1-8H3;12-15,22H,8-11H2,1-7H3;9-10,13,18H,11-12H2,1-8H3;9-10H,1-8H3;8-9,16H,1-7H3. The number of carbonyl (C=O) groups excluding carboxylic acids is 4. The maximum Gasteiger partial charge on any atom is 0.306 e. The second-order valence-electron chi connectivity index (χ2n) is 60.0. The van der Waals surface area contributed by atoms with E-state index in [4.69, 9.17) is 28.4 Å². The van der Waals surface area contributed by atoms with Gasteiger partial charge in [-0.1, -0.05) is 319 Å². The Morgan fingerprint density at radius 2 is 0.548 bits per heavy atom. The van der Waals surface area contributed by atoms with Crippen LogP contribution in [0.2, 0.25) is 0 Å². The van der Waals surface area contributed by atoms with E-state index in [1.165, 1.54) is 82.2 Å². The number of nitrogens with one attached hydrogen (secondary N) is 1. The van der Waals surface area contributed by atoms with Crippen LogP contribution >= 0.6 is 0 Å². The molecule has 0 bridgehead atoms. The third-order valence-corrected chi connectivity index (χ3v) is 32.1. The molecule has 4 aromatic rings. The molecule has 0 aromatic heterocycles. The number of phenols is 2. The second kappa shape index (κ2) is 51.9. The quantitative estimate of drug-likeness (QED) is 0.0342. The first-order valence-corrected chi connectivity index (χ1v) is 57.4. The van der Waals surface area contributed by atoms with Gasteiger partial charge in [0.05, 0.1) is 13.2 Å². The Morgan fingerprint density at radius 3 is 0.815 bits per heavy atom. The summed E-state index contributed by atoms with van der Waals surface area (Å²) in [5.41, 5.74) is 19.3. The Bertz CT molecular complexity index is 4270. The van der Waals surface area contributed by atoms with E-state index in [0.717, 1.165) is 175 Å². The summed E-state index contributed by atoms with van der Waals surface area (Å²) in [6, 6.07) is 18.0. The van der Waals surface area contributed by atoms with E-state index in [2.05, 4.69) is 396 Å². The van der Waals surface area contributed by atoms with Gasteiger partial charge in [0.15, 0.2) is 6.29 Å². The lowest BCUT2D eigenvalue weighted by Gasteiger charge is -2.53. The number of phenolic OH excluding ortho intramolecular Hbond substituents is 2. The van der Waals surface area contributed by atoms with Crippen molar-refractivity contribution in [2.45, 2.75) is 618 Å². The van der Waals surface area contributed by atoms with Gasteiger partial charge in [-0.05, 0) is 322 Å². The van der Waals surface area contributed by atoms with Gasteiger partial charge in [0, 0.05) is 109 Å². The van der Waals surface area contributed by atoms with Crippen LogP contribution in [0.1, 0.15) is 567 Å². The summed E-state index contributed by atoms with van der Waals surface area (Å²) in [4.78, 5) is 54.2. The van der Waals surface area contributed by atoms with Gasteiger partial charge < -0.3 is 44.0 Å². The molecule has 0 radical (unpaired) electrons. The molecule has 2 saturated carbocycles. The zero-order valence-corrected chi connectivity index (χ0v) is 104. The SMILES string of the molecule is CC1(C)CC(OC(=O)CCCCCCCCC(=O)OC2CC(C)(C)NC(C)(C)C2)CC(C)(C)C1.CC1CCC(c2cc(C(C)(C)C)c(O)c(C(C)(C)C)c2)CC1.CN1C(C)(C)CC(OC(=O)CCCCCCCCC(=O)OC2CC(C)(C)N(C)C(C)(C)C2)CC1(C)C.Cc1c(C(C)(C)C)cc(C2OCC(C)CO2)cc1C(C)(C)C.Cc1cc(C(C)(C)C)c(C)c(C(C)(C)C)c1.Cc1cc(C(C)(C)C)c(O)c(C(C)(C)C)c1. The molecule has 4 saturated heterocycles. The summed E-state index contributed by atoms with van der Waals surface area (Å²) in [6.45, 7) is 104. The molecule has 2 aliphatic carbocycles. The van der Waals surface area contributed by atoms with Crippen LogP contribution in [-0.4, -0.2) is 129 Å². The van der Waals surface area contributed by atoms with Gasteiger partial charge in [-0.25, -0.2) is 0 Å². The Hall–Kier alpha value is -5.84. The first-order valence-electron chi connectivity index (χ1n) is 57.4. The van der Waals surface area contributed by atoms with Crippen molar-refractivity contribution in [1.29, 1.82) is 0 Å². The van der Waals surface area contributed by atoms with Crippen molar-refractivity contribution >= 4 is 23.9 Å².